The Labute approximate surface area is 103 Å². The number of benzene rings is 1. The highest BCUT2D eigenvalue weighted by atomic mass is 16.4. The van der Waals surface area contributed by atoms with Crippen LogP contribution in [0.25, 0.3) is 0 Å². The Balaban J connectivity index is 0.000000249. The third-order valence-corrected chi connectivity index (χ3v) is 2.78. The molecule has 0 saturated carbocycles. The maximum absolute atomic E-state index is 9.37. The van der Waals surface area contributed by atoms with Crippen LogP contribution in [-0.4, -0.2) is 24.2 Å². The van der Waals surface area contributed by atoms with Gasteiger partial charge in [-0.3, -0.25) is 4.79 Å². The Hall–Kier alpha value is -1.51. The van der Waals surface area contributed by atoms with Gasteiger partial charge in [-0.25, -0.2) is 0 Å². The molecular weight excluding hydrogens is 214 g/mol. The molecule has 0 aliphatic carbocycles. The van der Waals surface area contributed by atoms with Crippen LogP contribution in [0.3, 0.4) is 0 Å². The number of carbonyl (C=O) groups is 1. The van der Waals surface area contributed by atoms with Crippen molar-refractivity contribution in [1.29, 1.82) is 0 Å². The van der Waals surface area contributed by atoms with Gasteiger partial charge in [0.1, 0.15) is 0 Å². The minimum atomic E-state index is -0.745. The largest absolute Gasteiger partial charge is 0.481 e. The van der Waals surface area contributed by atoms with Crippen molar-refractivity contribution in [2.45, 2.75) is 32.6 Å². The molecule has 1 aliphatic rings. The van der Waals surface area contributed by atoms with Crippen LogP contribution >= 0.6 is 0 Å². The van der Waals surface area contributed by atoms with Crippen molar-refractivity contribution < 1.29 is 9.90 Å². The van der Waals surface area contributed by atoms with Crippen LogP contribution in [0.15, 0.2) is 30.3 Å². The van der Waals surface area contributed by atoms with Gasteiger partial charge in [-0.15, -0.1) is 0 Å². The number of carboxylic acid groups (broad SMARTS) is 1. The fraction of sp³-hybridized carbons (Fsp3) is 0.500. The van der Waals surface area contributed by atoms with Gasteiger partial charge >= 0.3 is 5.97 Å². The summed E-state index contributed by atoms with van der Waals surface area (Å²) in [6, 6.07) is 10.7. The molecule has 1 aromatic carbocycles. The van der Waals surface area contributed by atoms with E-state index in [9.17, 15) is 4.79 Å². The Bertz CT molecular complexity index is 318. The second kappa shape index (κ2) is 7.71. The molecule has 0 bridgehead atoms. The Kier molecular flexibility index (Phi) is 6.15. The smallest absolute Gasteiger partial charge is 0.303 e. The number of nitrogens with zero attached hydrogens (tertiary/aromatic N) is 1. The molecule has 3 nitrogen and oxygen atoms in total. The molecule has 3 heteroatoms. The lowest BCUT2D eigenvalue weighted by Gasteiger charge is -2.28. The fourth-order valence-electron chi connectivity index (χ4n) is 1.79. The molecule has 17 heavy (non-hydrogen) atoms. The van der Waals surface area contributed by atoms with Crippen LogP contribution < -0.4 is 4.90 Å². The zero-order chi connectivity index (χ0) is 12.5. The first-order valence-corrected chi connectivity index (χ1v) is 6.26. The zero-order valence-corrected chi connectivity index (χ0v) is 10.4. The lowest BCUT2D eigenvalue weighted by Crippen LogP contribution is -2.29. The molecule has 1 aromatic rings. The molecule has 0 aromatic heterocycles. The van der Waals surface area contributed by atoms with E-state index in [1.807, 2.05) is 0 Å². The lowest BCUT2D eigenvalue weighted by molar-refractivity contribution is -0.136. The van der Waals surface area contributed by atoms with E-state index in [1.165, 1.54) is 38.0 Å². The SMILES string of the molecule is CCC(=O)O.c1ccc(N2CCCCC2)cc1. The summed E-state index contributed by atoms with van der Waals surface area (Å²) >= 11 is 0. The molecule has 0 spiro atoms. The summed E-state index contributed by atoms with van der Waals surface area (Å²) in [5.74, 6) is -0.745. The molecule has 94 valence electrons. The van der Waals surface area contributed by atoms with Gasteiger partial charge in [-0.05, 0) is 31.4 Å². The molecular formula is C14H21NO2. The van der Waals surface area contributed by atoms with Crippen LogP contribution in [0.4, 0.5) is 5.69 Å². The van der Waals surface area contributed by atoms with Crippen LogP contribution in [0.1, 0.15) is 32.6 Å². The average molecular weight is 235 g/mol. The first-order valence-electron chi connectivity index (χ1n) is 6.26. The minimum Gasteiger partial charge on any atom is -0.481 e. The highest BCUT2D eigenvalue weighted by molar-refractivity contribution is 5.66. The van der Waals surface area contributed by atoms with E-state index in [1.54, 1.807) is 6.92 Å². The number of rotatable bonds is 2. The average Bonchev–Trinajstić information content (AvgIpc) is 2.41. The topological polar surface area (TPSA) is 40.5 Å². The monoisotopic (exact) mass is 235 g/mol. The molecule has 1 saturated heterocycles. The van der Waals surface area contributed by atoms with E-state index < -0.39 is 5.97 Å². The van der Waals surface area contributed by atoms with Crippen molar-refractivity contribution in [1.82, 2.24) is 0 Å². The maximum atomic E-state index is 9.37. The van der Waals surface area contributed by atoms with E-state index in [2.05, 4.69) is 35.2 Å². The quantitative estimate of drug-likeness (QED) is 0.856. The van der Waals surface area contributed by atoms with Crippen molar-refractivity contribution in [3.63, 3.8) is 0 Å². The third kappa shape index (κ3) is 5.38. The number of hydrogen-bond acceptors (Lipinski definition) is 2. The van der Waals surface area contributed by atoms with Gasteiger partial charge in [0.05, 0.1) is 0 Å². The number of para-hydroxylation sites is 1. The van der Waals surface area contributed by atoms with Crippen LogP contribution in [0, 0.1) is 0 Å². The minimum absolute atomic E-state index is 0.222. The maximum Gasteiger partial charge on any atom is 0.303 e. The number of carboxylic acids is 1. The molecule has 0 radical (unpaired) electrons. The van der Waals surface area contributed by atoms with E-state index in [0.29, 0.717) is 0 Å². The van der Waals surface area contributed by atoms with Crippen LogP contribution in [-0.2, 0) is 4.79 Å². The summed E-state index contributed by atoms with van der Waals surface area (Å²) in [6.45, 7) is 4.08. The molecule has 0 amide bonds. The van der Waals surface area contributed by atoms with Crippen molar-refractivity contribution in [3.05, 3.63) is 30.3 Å². The predicted octanol–water partition coefficient (Wildman–Crippen LogP) is 3.16. The normalized spacial score (nSPS) is 14.8. The molecule has 1 fully saturated rings. The van der Waals surface area contributed by atoms with E-state index in [0.717, 1.165) is 0 Å². The highest BCUT2D eigenvalue weighted by Gasteiger charge is 2.09. The predicted molar refractivity (Wildman–Crippen MR) is 70.4 cm³/mol. The van der Waals surface area contributed by atoms with Crippen LogP contribution in [0.2, 0.25) is 0 Å². The second-order valence-electron chi connectivity index (χ2n) is 4.13. The summed E-state index contributed by atoms with van der Waals surface area (Å²) < 4.78 is 0. The van der Waals surface area contributed by atoms with Crippen molar-refractivity contribution in [2.24, 2.45) is 0 Å². The van der Waals surface area contributed by atoms with Crippen molar-refractivity contribution >= 4 is 11.7 Å². The summed E-state index contributed by atoms with van der Waals surface area (Å²) in [6.07, 6.45) is 4.34. The zero-order valence-electron chi connectivity index (χ0n) is 10.4. The summed E-state index contributed by atoms with van der Waals surface area (Å²) in [7, 11) is 0. The van der Waals surface area contributed by atoms with Gasteiger partial charge in [-0.2, -0.15) is 0 Å². The number of hydrogen-bond donors (Lipinski definition) is 1. The number of aliphatic carboxylic acids is 1. The van der Waals surface area contributed by atoms with Gasteiger partial charge in [0.15, 0.2) is 0 Å². The summed E-state index contributed by atoms with van der Waals surface area (Å²) in [5, 5.41) is 7.72. The van der Waals surface area contributed by atoms with E-state index >= 15 is 0 Å². The Morgan fingerprint density at radius 3 is 2.18 bits per heavy atom. The summed E-state index contributed by atoms with van der Waals surface area (Å²) in [5.41, 5.74) is 1.39. The third-order valence-electron chi connectivity index (χ3n) is 2.78. The number of piperidine rings is 1. The van der Waals surface area contributed by atoms with Gasteiger partial charge in [0.2, 0.25) is 0 Å². The van der Waals surface area contributed by atoms with Gasteiger partial charge in [0, 0.05) is 25.2 Å². The fourth-order valence-corrected chi connectivity index (χ4v) is 1.79. The molecule has 2 rings (SSSR count). The highest BCUT2D eigenvalue weighted by Crippen LogP contribution is 2.18. The first kappa shape index (κ1) is 13.6. The Morgan fingerprint density at radius 1 is 1.18 bits per heavy atom. The van der Waals surface area contributed by atoms with Gasteiger partial charge in [0.25, 0.3) is 0 Å². The van der Waals surface area contributed by atoms with Crippen molar-refractivity contribution in [2.75, 3.05) is 18.0 Å². The number of anilines is 1. The molecule has 0 atom stereocenters. The second-order valence-corrected chi connectivity index (χ2v) is 4.13. The van der Waals surface area contributed by atoms with Crippen LogP contribution in [0.5, 0.6) is 0 Å². The van der Waals surface area contributed by atoms with Crippen molar-refractivity contribution in [3.8, 4) is 0 Å². The summed E-state index contributed by atoms with van der Waals surface area (Å²) in [4.78, 5) is 11.8. The Morgan fingerprint density at radius 2 is 1.71 bits per heavy atom. The van der Waals surface area contributed by atoms with E-state index in [4.69, 9.17) is 5.11 Å². The van der Waals surface area contributed by atoms with Gasteiger partial charge in [-0.1, -0.05) is 25.1 Å². The molecule has 1 heterocycles. The standard InChI is InChI=1S/C11H15N.C3H6O2/c1-3-7-11(8-4-1)12-9-5-2-6-10-12;1-2-3(4)5/h1,3-4,7-8H,2,5-6,9-10H2;2H2,1H3,(H,4,5). The molecule has 1 N–H and O–H groups in total. The van der Waals surface area contributed by atoms with Gasteiger partial charge < -0.3 is 10.0 Å². The molecule has 1 aliphatic heterocycles. The molecule has 0 unspecified atom stereocenters. The first-order chi connectivity index (χ1) is 8.24. The lowest BCUT2D eigenvalue weighted by atomic mass is 10.1. The van der Waals surface area contributed by atoms with E-state index in [-0.39, 0.29) is 6.42 Å².